The fraction of sp³-hybridized carbons (Fsp3) is 1.00. The zero-order valence-corrected chi connectivity index (χ0v) is 11.4. The van der Waals surface area contributed by atoms with Gasteiger partial charge in [-0.1, -0.05) is 0 Å². The van der Waals surface area contributed by atoms with Crippen molar-refractivity contribution in [2.45, 2.75) is 58.4 Å². The van der Waals surface area contributed by atoms with Crippen molar-refractivity contribution in [1.82, 2.24) is 9.96 Å². The minimum atomic E-state index is -4.15. The number of hydrogen-bond acceptors (Lipinski definition) is 2. The lowest BCUT2D eigenvalue weighted by molar-refractivity contribution is -0.0574. The van der Waals surface area contributed by atoms with Crippen LogP contribution in [0.3, 0.4) is 0 Å². The summed E-state index contributed by atoms with van der Waals surface area (Å²) in [6.45, 7) is 10.4. The third-order valence-corrected chi connectivity index (χ3v) is 4.45. The lowest BCUT2D eigenvalue weighted by atomic mass is 10.1. The predicted octanol–water partition coefficient (Wildman–Crippen LogP) is 2.08. The van der Waals surface area contributed by atoms with E-state index in [-0.39, 0.29) is 0 Å². The molecule has 0 fully saturated rings. The zero-order valence-electron chi connectivity index (χ0n) is 10.2. The van der Waals surface area contributed by atoms with E-state index in [2.05, 4.69) is 9.96 Å². The first-order chi connectivity index (χ1) is 6.31. The van der Waals surface area contributed by atoms with Gasteiger partial charge in [-0.2, -0.15) is 13.2 Å². The highest BCUT2D eigenvalue weighted by Gasteiger charge is 2.45. The van der Waals surface area contributed by atoms with E-state index in [1.807, 2.05) is 0 Å². The summed E-state index contributed by atoms with van der Waals surface area (Å²) < 4.78 is 38.2. The Morgan fingerprint density at radius 2 is 1.00 bits per heavy atom. The number of halogens is 3. The van der Waals surface area contributed by atoms with E-state index in [1.54, 1.807) is 41.5 Å². The topological polar surface area (TPSA) is 24.1 Å². The van der Waals surface area contributed by atoms with Crippen LogP contribution in [-0.4, -0.2) is 26.0 Å². The van der Waals surface area contributed by atoms with Gasteiger partial charge in [-0.15, -0.1) is 0 Å². The molecule has 0 aliphatic heterocycles. The Morgan fingerprint density at radius 3 is 1.13 bits per heavy atom. The number of nitrogens with one attached hydrogen (secondary N) is 2. The maximum atomic E-state index is 12.7. The lowest BCUT2D eigenvalue weighted by Gasteiger charge is -2.34. The molecule has 0 heterocycles. The molecule has 0 aromatic rings. The monoisotopic (exact) mass is 242 g/mol. The first-order valence-corrected chi connectivity index (χ1v) is 6.67. The number of rotatable bonds is 2. The molecule has 0 unspecified atom stereocenters. The van der Waals surface area contributed by atoms with Crippen molar-refractivity contribution < 1.29 is 13.2 Å². The van der Waals surface area contributed by atoms with Crippen LogP contribution in [0.15, 0.2) is 0 Å². The van der Waals surface area contributed by atoms with E-state index in [1.165, 1.54) is 0 Å². The van der Waals surface area contributed by atoms with E-state index in [0.717, 1.165) is 0 Å². The molecule has 0 spiro atoms. The summed E-state index contributed by atoms with van der Waals surface area (Å²) in [6, 6.07) is 0. The summed E-state index contributed by atoms with van der Waals surface area (Å²) in [7, 11) is -3.17. The van der Waals surface area contributed by atoms with Crippen LogP contribution in [0.4, 0.5) is 13.2 Å². The summed E-state index contributed by atoms with van der Waals surface area (Å²) in [5.41, 5.74) is -1.05. The van der Waals surface area contributed by atoms with Crippen molar-refractivity contribution in [3.63, 3.8) is 0 Å². The van der Waals surface area contributed by atoms with Crippen LogP contribution in [0.2, 0.25) is 0 Å². The van der Waals surface area contributed by atoms with Gasteiger partial charge in [-0.3, -0.25) is 0 Å². The average molecular weight is 242 g/mol. The third kappa shape index (κ3) is 7.81. The second-order valence-electron chi connectivity index (χ2n) is 5.76. The standard InChI is InChI=1S/C9H21F3N2Si/c1-7(2,3)13-15(9(10,11)12)14-8(4,5)6/h13-15H,1-6H3. The van der Waals surface area contributed by atoms with Crippen molar-refractivity contribution in [2.24, 2.45) is 0 Å². The largest absolute Gasteiger partial charge is 0.389 e. The molecule has 0 aromatic carbocycles. The highest BCUT2D eigenvalue weighted by Crippen LogP contribution is 2.19. The van der Waals surface area contributed by atoms with Crippen molar-refractivity contribution in [3.05, 3.63) is 0 Å². The summed E-state index contributed by atoms with van der Waals surface area (Å²) in [5, 5.41) is 0. The number of alkyl halides is 3. The van der Waals surface area contributed by atoms with Gasteiger partial charge in [0.1, 0.15) is 0 Å². The molecule has 0 saturated heterocycles. The van der Waals surface area contributed by atoms with Crippen molar-refractivity contribution in [2.75, 3.05) is 0 Å². The summed E-state index contributed by atoms with van der Waals surface area (Å²) in [4.78, 5) is 5.31. The Kier molecular flexibility index (Phi) is 4.41. The molecular weight excluding hydrogens is 221 g/mol. The normalized spacial score (nSPS) is 14.8. The Morgan fingerprint density at radius 1 is 0.733 bits per heavy atom. The highest BCUT2D eigenvalue weighted by atomic mass is 28.3. The molecule has 0 amide bonds. The first kappa shape index (κ1) is 14.9. The molecule has 0 bridgehead atoms. The highest BCUT2D eigenvalue weighted by molar-refractivity contribution is 6.55. The van der Waals surface area contributed by atoms with E-state index in [4.69, 9.17) is 0 Å². The minimum Gasteiger partial charge on any atom is -0.316 e. The van der Waals surface area contributed by atoms with Crippen molar-refractivity contribution in [1.29, 1.82) is 0 Å². The summed E-state index contributed by atoms with van der Waals surface area (Å²) in [6.07, 6.45) is 0. The molecule has 0 atom stereocenters. The van der Waals surface area contributed by atoms with Gasteiger partial charge < -0.3 is 9.96 Å². The van der Waals surface area contributed by atoms with Gasteiger partial charge in [0.2, 0.25) is 0 Å². The van der Waals surface area contributed by atoms with Gasteiger partial charge in [0.15, 0.2) is 0 Å². The third-order valence-electron chi connectivity index (χ3n) is 1.48. The molecule has 0 rings (SSSR count). The van der Waals surface area contributed by atoms with Gasteiger partial charge in [-0.25, -0.2) is 0 Å². The molecule has 0 radical (unpaired) electrons. The molecule has 0 saturated carbocycles. The maximum Gasteiger partial charge on any atom is 0.389 e. The molecule has 0 aliphatic rings. The smallest absolute Gasteiger partial charge is 0.316 e. The van der Waals surface area contributed by atoms with Gasteiger partial charge in [0.05, 0.1) is 0 Å². The Balaban J connectivity index is 4.62. The molecule has 92 valence electrons. The van der Waals surface area contributed by atoms with Crippen LogP contribution in [0.5, 0.6) is 0 Å². The quantitative estimate of drug-likeness (QED) is 0.725. The van der Waals surface area contributed by atoms with E-state index in [0.29, 0.717) is 0 Å². The van der Waals surface area contributed by atoms with Crippen LogP contribution in [0.1, 0.15) is 41.5 Å². The lowest BCUT2D eigenvalue weighted by Crippen LogP contribution is -2.66. The molecule has 0 aliphatic carbocycles. The molecule has 0 aromatic heterocycles. The van der Waals surface area contributed by atoms with Crippen LogP contribution in [0.25, 0.3) is 0 Å². The SMILES string of the molecule is CC(C)(C)N[SiH](NC(C)(C)C)C(F)(F)F. The first-order valence-electron chi connectivity index (χ1n) is 4.93. The minimum absolute atomic E-state index is 0.523. The Hall–Kier alpha value is -0.0731. The van der Waals surface area contributed by atoms with Gasteiger partial charge >= 0.3 is 14.9 Å². The summed E-state index contributed by atoms with van der Waals surface area (Å²) in [5.74, 6) is -4.15. The van der Waals surface area contributed by atoms with Gasteiger partial charge in [0.25, 0.3) is 0 Å². The fourth-order valence-corrected chi connectivity index (χ4v) is 3.20. The average Bonchev–Trinajstić information content (AvgIpc) is 1.75. The van der Waals surface area contributed by atoms with Crippen molar-refractivity contribution >= 4 is 9.12 Å². The molecular formula is C9H21F3N2Si. The van der Waals surface area contributed by atoms with Crippen LogP contribution >= 0.6 is 0 Å². The predicted molar refractivity (Wildman–Crippen MR) is 59.0 cm³/mol. The fourth-order valence-electron chi connectivity index (χ4n) is 1.07. The van der Waals surface area contributed by atoms with Gasteiger partial charge in [-0.05, 0) is 41.5 Å². The van der Waals surface area contributed by atoms with Crippen molar-refractivity contribution in [3.8, 4) is 0 Å². The van der Waals surface area contributed by atoms with E-state index >= 15 is 0 Å². The molecule has 2 N–H and O–H groups in total. The zero-order chi connectivity index (χ0) is 12.5. The van der Waals surface area contributed by atoms with Gasteiger partial charge in [0, 0.05) is 11.1 Å². The Bertz CT molecular complexity index is 187. The summed E-state index contributed by atoms with van der Waals surface area (Å²) >= 11 is 0. The van der Waals surface area contributed by atoms with E-state index in [9.17, 15) is 13.2 Å². The van der Waals surface area contributed by atoms with Crippen LogP contribution < -0.4 is 9.96 Å². The Labute approximate surface area is 91.4 Å². The molecule has 6 heteroatoms. The molecule has 2 nitrogen and oxygen atoms in total. The van der Waals surface area contributed by atoms with Crippen LogP contribution in [-0.2, 0) is 0 Å². The number of hydrogen-bond donors (Lipinski definition) is 2. The van der Waals surface area contributed by atoms with E-state index < -0.39 is 26.0 Å². The van der Waals surface area contributed by atoms with Crippen LogP contribution in [0, 0.1) is 0 Å². The maximum absolute atomic E-state index is 12.7. The molecule has 15 heavy (non-hydrogen) atoms. The second-order valence-corrected chi connectivity index (χ2v) is 7.86. The second kappa shape index (κ2) is 4.43.